The smallest absolute Gasteiger partial charge is 0.405 e. The zero-order valence-electron chi connectivity index (χ0n) is 9.96. The number of hydrogen-bond donors (Lipinski definition) is 2. The largest absolute Gasteiger partial charge is 0.452 e. The maximum absolute atomic E-state index is 11.8. The number of carbonyl (C=O) groups excluding carboxylic acids is 2. The van der Waals surface area contributed by atoms with Crippen molar-refractivity contribution in [2.45, 2.75) is 6.18 Å². The Morgan fingerprint density at radius 3 is 2.55 bits per heavy atom. The molecule has 0 radical (unpaired) electrons. The van der Waals surface area contributed by atoms with Crippen molar-refractivity contribution in [3.05, 3.63) is 28.8 Å². The van der Waals surface area contributed by atoms with Gasteiger partial charge in [-0.25, -0.2) is 4.79 Å². The Bertz CT molecular complexity index is 520. The second-order valence-corrected chi connectivity index (χ2v) is 4.11. The van der Waals surface area contributed by atoms with Crippen molar-refractivity contribution in [3.8, 4) is 0 Å². The van der Waals surface area contributed by atoms with E-state index < -0.39 is 31.2 Å². The molecule has 1 aromatic carbocycles. The van der Waals surface area contributed by atoms with Crippen molar-refractivity contribution in [3.63, 3.8) is 0 Å². The summed E-state index contributed by atoms with van der Waals surface area (Å²) in [6, 6.07) is 3.91. The molecule has 0 spiro atoms. The molecule has 0 saturated heterocycles. The molecule has 0 aliphatic rings. The molecule has 0 unspecified atom stereocenters. The minimum absolute atomic E-state index is 0.0350. The van der Waals surface area contributed by atoms with E-state index >= 15 is 0 Å². The number of halogens is 4. The number of hydrogen-bond acceptors (Lipinski definition) is 4. The quantitative estimate of drug-likeness (QED) is 0.656. The van der Waals surface area contributed by atoms with Crippen LogP contribution in [-0.4, -0.2) is 31.2 Å². The third-order valence-electron chi connectivity index (χ3n) is 2.06. The van der Waals surface area contributed by atoms with Crippen LogP contribution in [0, 0.1) is 0 Å². The van der Waals surface area contributed by atoms with Crippen molar-refractivity contribution < 1.29 is 27.5 Å². The van der Waals surface area contributed by atoms with E-state index in [1.807, 2.05) is 0 Å². The fraction of sp³-hybridized carbons (Fsp3) is 0.273. The standard InChI is InChI=1S/C11H10ClF3N2O3/c12-7-3-6(1-2-8(7)16)10(19)20-4-9(18)17-5-11(13,14)15/h1-3H,4-5,16H2,(H,17,18). The molecule has 9 heteroatoms. The first-order valence-corrected chi connectivity index (χ1v) is 5.62. The van der Waals surface area contributed by atoms with Crippen LogP contribution in [0.2, 0.25) is 5.02 Å². The highest BCUT2D eigenvalue weighted by Crippen LogP contribution is 2.20. The van der Waals surface area contributed by atoms with Gasteiger partial charge in [0.1, 0.15) is 6.54 Å². The molecule has 3 N–H and O–H groups in total. The number of nitrogen functional groups attached to an aromatic ring is 1. The SMILES string of the molecule is Nc1ccc(C(=O)OCC(=O)NCC(F)(F)F)cc1Cl. The van der Waals surface area contributed by atoms with E-state index in [4.69, 9.17) is 17.3 Å². The molecular weight excluding hydrogens is 301 g/mol. The summed E-state index contributed by atoms with van der Waals surface area (Å²) in [6.45, 7) is -2.31. The van der Waals surface area contributed by atoms with Crippen LogP contribution in [-0.2, 0) is 9.53 Å². The average Bonchev–Trinajstić information content (AvgIpc) is 2.36. The van der Waals surface area contributed by atoms with Gasteiger partial charge in [-0.05, 0) is 18.2 Å². The number of amides is 1. The van der Waals surface area contributed by atoms with E-state index in [-0.39, 0.29) is 16.3 Å². The van der Waals surface area contributed by atoms with E-state index in [1.54, 1.807) is 5.32 Å². The Kier molecular flexibility index (Phi) is 5.20. The molecule has 0 aliphatic heterocycles. The normalized spacial score (nSPS) is 11.0. The van der Waals surface area contributed by atoms with E-state index in [1.165, 1.54) is 18.2 Å². The summed E-state index contributed by atoms with van der Waals surface area (Å²) >= 11 is 5.68. The molecule has 0 aromatic heterocycles. The van der Waals surface area contributed by atoms with Crippen LogP contribution in [0.4, 0.5) is 18.9 Å². The predicted molar refractivity (Wildman–Crippen MR) is 65.2 cm³/mol. The van der Waals surface area contributed by atoms with Gasteiger partial charge in [-0.2, -0.15) is 13.2 Å². The van der Waals surface area contributed by atoms with Gasteiger partial charge in [0.2, 0.25) is 0 Å². The molecule has 0 heterocycles. The maximum Gasteiger partial charge on any atom is 0.405 e. The first-order valence-electron chi connectivity index (χ1n) is 5.24. The number of anilines is 1. The summed E-state index contributed by atoms with van der Waals surface area (Å²) < 4.78 is 40.0. The van der Waals surface area contributed by atoms with E-state index in [9.17, 15) is 22.8 Å². The van der Waals surface area contributed by atoms with Crippen LogP contribution in [0.1, 0.15) is 10.4 Å². The molecule has 5 nitrogen and oxygen atoms in total. The molecule has 0 aliphatic carbocycles. The lowest BCUT2D eigenvalue weighted by Crippen LogP contribution is -2.36. The Balaban J connectivity index is 2.47. The van der Waals surface area contributed by atoms with Crippen molar-refractivity contribution >= 4 is 29.2 Å². The third-order valence-corrected chi connectivity index (χ3v) is 2.38. The zero-order valence-corrected chi connectivity index (χ0v) is 10.7. The van der Waals surface area contributed by atoms with E-state index in [0.717, 1.165) is 0 Å². The van der Waals surface area contributed by atoms with Gasteiger partial charge in [-0.1, -0.05) is 11.6 Å². The molecule has 1 aromatic rings. The van der Waals surface area contributed by atoms with Gasteiger partial charge >= 0.3 is 12.1 Å². The predicted octanol–water partition coefficient (Wildman–Crippen LogP) is 1.76. The van der Waals surface area contributed by atoms with Crippen LogP contribution >= 0.6 is 11.6 Å². The van der Waals surface area contributed by atoms with Crippen LogP contribution in [0.15, 0.2) is 18.2 Å². The van der Waals surface area contributed by atoms with Gasteiger partial charge in [0, 0.05) is 0 Å². The van der Waals surface area contributed by atoms with Crippen molar-refractivity contribution in [2.24, 2.45) is 0 Å². The van der Waals surface area contributed by atoms with Crippen molar-refractivity contribution in [1.82, 2.24) is 5.32 Å². The van der Waals surface area contributed by atoms with Crippen molar-refractivity contribution in [1.29, 1.82) is 0 Å². The average molecular weight is 311 g/mol. The third kappa shape index (κ3) is 5.35. The molecule has 20 heavy (non-hydrogen) atoms. The lowest BCUT2D eigenvalue weighted by Gasteiger charge is -2.09. The summed E-state index contributed by atoms with van der Waals surface area (Å²) in [7, 11) is 0. The highest BCUT2D eigenvalue weighted by Gasteiger charge is 2.27. The molecule has 1 amide bonds. The molecule has 0 atom stereocenters. The minimum atomic E-state index is -4.52. The van der Waals surface area contributed by atoms with Gasteiger partial charge in [0.15, 0.2) is 6.61 Å². The lowest BCUT2D eigenvalue weighted by molar-refractivity contribution is -0.140. The van der Waals surface area contributed by atoms with Gasteiger partial charge < -0.3 is 15.8 Å². The molecule has 0 fully saturated rings. The van der Waals surface area contributed by atoms with Gasteiger partial charge in [-0.3, -0.25) is 4.79 Å². The number of carbonyl (C=O) groups is 2. The topological polar surface area (TPSA) is 81.4 Å². The highest BCUT2D eigenvalue weighted by atomic mass is 35.5. The molecule has 1 rings (SSSR count). The molecular formula is C11H10ClF3N2O3. The summed E-state index contributed by atoms with van der Waals surface area (Å²) in [5.74, 6) is -1.95. The summed E-state index contributed by atoms with van der Waals surface area (Å²) in [4.78, 5) is 22.5. The monoisotopic (exact) mass is 310 g/mol. The Morgan fingerprint density at radius 1 is 1.35 bits per heavy atom. The van der Waals surface area contributed by atoms with Gasteiger partial charge in [0.05, 0.1) is 16.3 Å². The van der Waals surface area contributed by atoms with Crippen LogP contribution in [0.3, 0.4) is 0 Å². The second-order valence-electron chi connectivity index (χ2n) is 3.70. The molecule has 0 bridgehead atoms. The number of benzene rings is 1. The van der Waals surface area contributed by atoms with Crippen LogP contribution in [0.25, 0.3) is 0 Å². The second kappa shape index (κ2) is 6.47. The van der Waals surface area contributed by atoms with Crippen LogP contribution < -0.4 is 11.1 Å². The fourth-order valence-electron chi connectivity index (χ4n) is 1.12. The first kappa shape index (κ1) is 16.1. The number of nitrogens with two attached hydrogens (primary N) is 1. The lowest BCUT2D eigenvalue weighted by atomic mass is 10.2. The number of esters is 1. The maximum atomic E-state index is 11.8. The van der Waals surface area contributed by atoms with E-state index in [2.05, 4.69) is 4.74 Å². The number of nitrogens with one attached hydrogen (secondary N) is 1. The number of rotatable bonds is 4. The van der Waals surface area contributed by atoms with Crippen LogP contribution in [0.5, 0.6) is 0 Å². The summed E-state index contributed by atoms with van der Waals surface area (Å²) in [5.41, 5.74) is 5.73. The Labute approximate surface area is 116 Å². The Morgan fingerprint density at radius 2 is 2.00 bits per heavy atom. The molecule has 110 valence electrons. The zero-order chi connectivity index (χ0) is 15.3. The van der Waals surface area contributed by atoms with Crippen molar-refractivity contribution in [2.75, 3.05) is 18.9 Å². The highest BCUT2D eigenvalue weighted by molar-refractivity contribution is 6.33. The summed E-state index contributed by atoms with van der Waals surface area (Å²) in [6.07, 6.45) is -4.52. The van der Waals surface area contributed by atoms with Gasteiger partial charge in [0.25, 0.3) is 5.91 Å². The number of ether oxygens (including phenoxy) is 1. The molecule has 0 saturated carbocycles. The minimum Gasteiger partial charge on any atom is -0.452 e. The first-order chi connectivity index (χ1) is 9.19. The fourth-order valence-corrected chi connectivity index (χ4v) is 1.30. The van der Waals surface area contributed by atoms with E-state index in [0.29, 0.717) is 0 Å². The number of alkyl halides is 3. The van der Waals surface area contributed by atoms with Gasteiger partial charge in [-0.15, -0.1) is 0 Å². The Hall–Kier alpha value is -1.96. The summed E-state index contributed by atoms with van der Waals surface area (Å²) in [5, 5.41) is 1.69.